The Balaban J connectivity index is 0.000000720. The minimum atomic E-state index is 0. The van der Waals surface area contributed by atoms with Crippen LogP contribution in [-0.4, -0.2) is 9.78 Å². The first-order valence-corrected chi connectivity index (χ1v) is 4.36. The largest absolute Gasteiger partial charge is 0.276 e. The maximum atomic E-state index is 4.41. The molecule has 3 heteroatoms. The van der Waals surface area contributed by atoms with E-state index in [1.165, 1.54) is 31.4 Å². The zero-order chi connectivity index (χ0) is 7.68. The fourth-order valence-electron chi connectivity index (χ4n) is 1.87. The Morgan fingerprint density at radius 2 is 2.08 bits per heavy atom. The van der Waals surface area contributed by atoms with Crippen molar-refractivity contribution in [3.8, 4) is 0 Å². The molecule has 0 unspecified atom stereocenters. The van der Waals surface area contributed by atoms with Crippen LogP contribution in [0.15, 0.2) is 12.3 Å². The van der Waals surface area contributed by atoms with Gasteiger partial charge in [-0.1, -0.05) is 12.8 Å². The normalized spacial score (nSPS) is 17.8. The quantitative estimate of drug-likeness (QED) is 0.659. The van der Waals surface area contributed by atoms with Gasteiger partial charge >= 0.3 is 0 Å². The molecule has 0 N–H and O–H groups in total. The van der Waals surface area contributed by atoms with Crippen molar-refractivity contribution in [1.29, 1.82) is 0 Å². The van der Waals surface area contributed by atoms with Gasteiger partial charge in [-0.05, 0) is 18.9 Å². The Bertz CT molecular complexity index is 238. The maximum absolute atomic E-state index is 4.41. The highest BCUT2D eigenvalue weighted by atomic mass is 35.5. The molecule has 0 aliphatic heterocycles. The third-order valence-electron chi connectivity index (χ3n) is 2.51. The van der Waals surface area contributed by atoms with Gasteiger partial charge in [0.1, 0.15) is 0 Å². The molecule has 0 atom stereocenters. The molecule has 0 spiro atoms. The highest BCUT2D eigenvalue weighted by Crippen LogP contribution is 2.32. The highest BCUT2D eigenvalue weighted by molar-refractivity contribution is 5.85. The van der Waals surface area contributed by atoms with Crippen LogP contribution in [-0.2, 0) is 7.05 Å². The minimum absolute atomic E-state index is 0. The molecule has 0 saturated heterocycles. The summed E-state index contributed by atoms with van der Waals surface area (Å²) in [5.74, 6) is 0.760. The molecule has 2 rings (SSSR count). The molecule has 1 fully saturated rings. The van der Waals surface area contributed by atoms with Crippen molar-refractivity contribution in [2.45, 2.75) is 31.6 Å². The third kappa shape index (κ3) is 1.81. The highest BCUT2D eigenvalue weighted by Gasteiger charge is 2.18. The van der Waals surface area contributed by atoms with Gasteiger partial charge in [-0.3, -0.25) is 4.68 Å². The maximum Gasteiger partial charge on any atom is 0.0655 e. The molecule has 0 amide bonds. The van der Waals surface area contributed by atoms with Gasteiger partial charge in [0.05, 0.1) is 5.69 Å². The second kappa shape index (κ2) is 3.94. The summed E-state index contributed by atoms with van der Waals surface area (Å²) in [5, 5.41) is 4.41. The van der Waals surface area contributed by atoms with Crippen LogP contribution in [0.5, 0.6) is 0 Å². The second-order valence-corrected chi connectivity index (χ2v) is 3.40. The molecule has 0 aromatic carbocycles. The van der Waals surface area contributed by atoms with Crippen LogP contribution in [0.4, 0.5) is 0 Å². The molecule has 2 nitrogen and oxygen atoms in total. The van der Waals surface area contributed by atoms with Gasteiger partial charge in [-0.2, -0.15) is 5.10 Å². The minimum Gasteiger partial charge on any atom is -0.276 e. The zero-order valence-corrected chi connectivity index (χ0v) is 8.18. The SMILES string of the molecule is Cl.Cn1ccc(C2CCCC2)n1. The van der Waals surface area contributed by atoms with E-state index in [0.717, 1.165) is 5.92 Å². The van der Waals surface area contributed by atoms with Gasteiger partial charge in [0.25, 0.3) is 0 Å². The predicted octanol–water partition coefficient (Wildman–Crippen LogP) is 2.50. The molecule has 1 saturated carbocycles. The number of nitrogens with zero attached hydrogens (tertiary/aromatic N) is 2. The Morgan fingerprint density at radius 1 is 1.42 bits per heavy atom. The van der Waals surface area contributed by atoms with E-state index < -0.39 is 0 Å². The van der Waals surface area contributed by atoms with Gasteiger partial charge < -0.3 is 0 Å². The van der Waals surface area contributed by atoms with Crippen molar-refractivity contribution < 1.29 is 0 Å². The molecule has 1 aromatic heterocycles. The first kappa shape index (κ1) is 9.59. The first-order chi connectivity index (χ1) is 5.36. The number of aromatic nitrogens is 2. The third-order valence-corrected chi connectivity index (χ3v) is 2.51. The van der Waals surface area contributed by atoms with E-state index in [4.69, 9.17) is 0 Å². The number of halogens is 1. The molecule has 1 heterocycles. The summed E-state index contributed by atoms with van der Waals surface area (Å²) in [5.41, 5.74) is 1.30. The summed E-state index contributed by atoms with van der Waals surface area (Å²) in [6.45, 7) is 0. The van der Waals surface area contributed by atoms with Crippen LogP contribution >= 0.6 is 12.4 Å². The van der Waals surface area contributed by atoms with Crippen LogP contribution in [0.3, 0.4) is 0 Å². The van der Waals surface area contributed by atoms with E-state index in [1.54, 1.807) is 0 Å². The number of hydrogen-bond acceptors (Lipinski definition) is 1. The van der Waals surface area contributed by atoms with Crippen LogP contribution in [0.25, 0.3) is 0 Å². The fourth-order valence-corrected chi connectivity index (χ4v) is 1.87. The Kier molecular flexibility index (Phi) is 3.15. The molecule has 1 aliphatic carbocycles. The van der Waals surface area contributed by atoms with Crippen LogP contribution in [0, 0.1) is 0 Å². The van der Waals surface area contributed by atoms with Gasteiger partial charge in [-0.25, -0.2) is 0 Å². The molecular formula is C9H15ClN2. The van der Waals surface area contributed by atoms with E-state index >= 15 is 0 Å². The lowest BCUT2D eigenvalue weighted by Gasteiger charge is -2.02. The summed E-state index contributed by atoms with van der Waals surface area (Å²) in [4.78, 5) is 0. The van der Waals surface area contributed by atoms with Gasteiger partial charge in [0, 0.05) is 19.2 Å². The van der Waals surface area contributed by atoms with Crippen molar-refractivity contribution in [1.82, 2.24) is 9.78 Å². The summed E-state index contributed by atoms with van der Waals surface area (Å²) in [6.07, 6.45) is 7.50. The average Bonchev–Trinajstić information content (AvgIpc) is 2.55. The molecule has 0 radical (unpaired) electrons. The molecule has 1 aromatic rings. The second-order valence-electron chi connectivity index (χ2n) is 3.40. The van der Waals surface area contributed by atoms with Crippen LogP contribution in [0.1, 0.15) is 37.3 Å². The topological polar surface area (TPSA) is 17.8 Å². The van der Waals surface area contributed by atoms with E-state index in [0.29, 0.717) is 0 Å². The van der Waals surface area contributed by atoms with Crippen molar-refractivity contribution >= 4 is 12.4 Å². The molecule has 12 heavy (non-hydrogen) atoms. The molecule has 1 aliphatic rings. The lowest BCUT2D eigenvalue weighted by molar-refractivity contribution is 0.658. The number of rotatable bonds is 1. The predicted molar refractivity (Wildman–Crippen MR) is 51.7 cm³/mol. The Morgan fingerprint density at radius 3 is 2.58 bits per heavy atom. The lowest BCUT2D eigenvalue weighted by Crippen LogP contribution is -1.95. The number of aryl methyl sites for hydroxylation is 1. The molecular weight excluding hydrogens is 172 g/mol. The standard InChI is InChI=1S/C9H14N2.ClH/c1-11-7-6-9(10-11)8-4-2-3-5-8;/h6-8H,2-5H2,1H3;1H. The summed E-state index contributed by atoms with van der Waals surface area (Å²) >= 11 is 0. The van der Waals surface area contributed by atoms with Crippen molar-refractivity contribution in [2.75, 3.05) is 0 Å². The van der Waals surface area contributed by atoms with Gasteiger partial charge in [0.15, 0.2) is 0 Å². The van der Waals surface area contributed by atoms with Crippen molar-refractivity contribution in [2.24, 2.45) is 7.05 Å². The fraction of sp³-hybridized carbons (Fsp3) is 0.667. The molecule has 0 bridgehead atoms. The summed E-state index contributed by atoms with van der Waals surface area (Å²) < 4.78 is 1.90. The van der Waals surface area contributed by atoms with Crippen LogP contribution in [0.2, 0.25) is 0 Å². The number of hydrogen-bond donors (Lipinski definition) is 0. The van der Waals surface area contributed by atoms with E-state index in [2.05, 4.69) is 11.2 Å². The van der Waals surface area contributed by atoms with E-state index in [9.17, 15) is 0 Å². The summed E-state index contributed by atoms with van der Waals surface area (Å²) in [6, 6.07) is 2.15. The monoisotopic (exact) mass is 186 g/mol. The Labute approximate surface area is 79.4 Å². The average molecular weight is 187 g/mol. The van der Waals surface area contributed by atoms with E-state index in [-0.39, 0.29) is 12.4 Å². The first-order valence-electron chi connectivity index (χ1n) is 4.36. The van der Waals surface area contributed by atoms with Crippen LogP contribution < -0.4 is 0 Å². The van der Waals surface area contributed by atoms with E-state index in [1.807, 2.05) is 17.9 Å². The Hall–Kier alpha value is -0.500. The molecule has 68 valence electrons. The van der Waals surface area contributed by atoms with Gasteiger partial charge in [0.2, 0.25) is 0 Å². The van der Waals surface area contributed by atoms with Gasteiger partial charge in [-0.15, -0.1) is 12.4 Å². The smallest absolute Gasteiger partial charge is 0.0655 e. The van der Waals surface area contributed by atoms with Crippen molar-refractivity contribution in [3.05, 3.63) is 18.0 Å². The zero-order valence-electron chi connectivity index (χ0n) is 7.36. The lowest BCUT2D eigenvalue weighted by atomic mass is 10.1. The van der Waals surface area contributed by atoms with Crippen molar-refractivity contribution in [3.63, 3.8) is 0 Å². The summed E-state index contributed by atoms with van der Waals surface area (Å²) in [7, 11) is 1.98.